The minimum absolute atomic E-state index is 0.0301. The molecule has 0 aliphatic rings. The van der Waals surface area contributed by atoms with E-state index in [-0.39, 0.29) is 26.5 Å². The van der Waals surface area contributed by atoms with Crippen molar-refractivity contribution in [1.82, 2.24) is 4.72 Å². The zero-order valence-corrected chi connectivity index (χ0v) is 11.8. The summed E-state index contributed by atoms with van der Waals surface area (Å²) < 4.78 is 25.8. The molecule has 0 spiro atoms. The minimum Gasteiger partial charge on any atom is -0.392 e. The van der Waals surface area contributed by atoms with Crippen LogP contribution in [0.2, 0.25) is 15.1 Å². The number of rotatable bonds is 4. The fourth-order valence-electron chi connectivity index (χ4n) is 1.02. The normalized spacial score (nSPS) is 13.7. The molecule has 1 atom stereocenters. The van der Waals surface area contributed by atoms with E-state index < -0.39 is 16.1 Å². The van der Waals surface area contributed by atoms with Gasteiger partial charge in [0.2, 0.25) is 10.0 Å². The highest BCUT2D eigenvalue weighted by atomic mass is 35.5. The predicted molar refractivity (Wildman–Crippen MR) is 68.3 cm³/mol. The van der Waals surface area contributed by atoms with Crippen molar-refractivity contribution < 1.29 is 13.5 Å². The number of nitrogens with one attached hydrogen (secondary N) is 1. The van der Waals surface area contributed by atoms with Gasteiger partial charge in [0, 0.05) is 6.54 Å². The van der Waals surface area contributed by atoms with Gasteiger partial charge >= 0.3 is 0 Å². The van der Waals surface area contributed by atoms with Crippen LogP contribution in [0.4, 0.5) is 0 Å². The van der Waals surface area contributed by atoms with E-state index in [4.69, 9.17) is 39.9 Å². The summed E-state index contributed by atoms with van der Waals surface area (Å²) >= 11 is 17.2. The van der Waals surface area contributed by atoms with Gasteiger partial charge < -0.3 is 5.11 Å². The van der Waals surface area contributed by atoms with Crippen LogP contribution in [0.15, 0.2) is 17.0 Å². The Kier molecular flexibility index (Phi) is 5.07. The predicted octanol–water partition coefficient (Wildman–Crippen LogP) is 2.31. The molecule has 0 aromatic heterocycles. The molecule has 1 aromatic carbocycles. The van der Waals surface area contributed by atoms with E-state index in [0.29, 0.717) is 0 Å². The first-order chi connectivity index (χ1) is 7.74. The maximum absolute atomic E-state index is 11.8. The standard InChI is InChI=1S/C9H10Cl3NO3S/c1-5(14)4-13-17(15,16)9-3-7(11)6(10)2-8(9)12/h2-3,5,13-14H,4H2,1H3/t5-/m0/s1. The van der Waals surface area contributed by atoms with Gasteiger partial charge in [-0.05, 0) is 19.1 Å². The van der Waals surface area contributed by atoms with E-state index in [1.165, 1.54) is 13.0 Å². The highest BCUT2D eigenvalue weighted by molar-refractivity contribution is 7.89. The van der Waals surface area contributed by atoms with Gasteiger partial charge in [0.15, 0.2) is 0 Å². The van der Waals surface area contributed by atoms with Crippen molar-refractivity contribution in [2.24, 2.45) is 0 Å². The largest absolute Gasteiger partial charge is 0.392 e. The Balaban J connectivity index is 3.11. The minimum atomic E-state index is -3.81. The van der Waals surface area contributed by atoms with Gasteiger partial charge in [-0.15, -0.1) is 0 Å². The van der Waals surface area contributed by atoms with Crippen LogP contribution < -0.4 is 4.72 Å². The van der Waals surface area contributed by atoms with Gasteiger partial charge in [0.05, 0.1) is 21.2 Å². The van der Waals surface area contributed by atoms with Crippen LogP contribution in [0, 0.1) is 0 Å². The topological polar surface area (TPSA) is 66.4 Å². The smallest absolute Gasteiger partial charge is 0.242 e. The Hall–Kier alpha value is -0.0400. The second-order valence-corrected chi connectivity index (χ2v) is 6.35. The van der Waals surface area contributed by atoms with Crippen molar-refractivity contribution in [2.45, 2.75) is 17.9 Å². The summed E-state index contributed by atoms with van der Waals surface area (Å²) in [5.41, 5.74) is 0. The number of halogens is 3. The lowest BCUT2D eigenvalue weighted by atomic mass is 10.4. The molecule has 2 N–H and O–H groups in total. The van der Waals surface area contributed by atoms with Crippen LogP contribution in [0.5, 0.6) is 0 Å². The lowest BCUT2D eigenvalue weighted by Crippen LogP contribution is -2.30. The Morgan fingerprint density at radius 2 is 1.76 bits per heavy atom. The number of hydrogen-bond acceptors (Lipinski definition) is 3. The molecule has 96 valence electrons. The van der Waals surface area contributed by atoms with Crippen LogP contribution in [-0.2, 0) is 10.0 Å². The molecule has 0 bridgehead atoms. The van der Waals surface area contributed by atoms with E-state index in [1.807, 2.05) is 0 Å². The molecule has 0 heterocycles. The summed E-state index contributed by atoms with van der Waals surface area (Å²) in [5, 5.41) is 9.26. The summed E-state index contributed by atoms with van der Waals surface area (Å²) in [6.45, 7) is 1.35. The average Bonchev–Trinajstić information content (AvgIpc) is 2.20. The molecule has 17 heavy (non-hydrogen) atoms. The number of aliphatic hydroxyl groups excluding tert-OH is 1. The van der Waals surface area contributed by atoms with Crippen LogP contribution in [0.1, 0.15) is 6.92 Å². The van der Waals surface area contributed by atoms with Crippen molar-refractivity contribution in [2.75, 3.05) is 6.54 Å². The number of sulfonamides is 1. The quantitative estimate of drug-likeness (QED) is 0.837. The van der Waals surface area contributed by atoms with E-state index >= 15 is 0 Å². The fraction of sp³-hybridized carbons (Fsp3) is 0.333. The molecule has 0 fully saturated rings. The molecule has 0 saturated carbocycles. The first-order valence-electron chi connectivity index (χ1n) is 4.56. The van der Waals surface area contributed by atoms with Gasteiger partial charge in [-0.2, -0.15) is 0 Å². The number of aliphatic hydroxyl groups is 1. The third kappa shape index (κ3) is 3.98. The van der Waals surface area contributed by atoms with E-state index in [0.717, 1.165) is 6.07 Å². The van der Waals surface area contributed by atoms with Gasteiger partial charge in [-0.25, -0.2) is 13.1 Å². The van der Waals surface area contributed by atoms with Crippen molar-refractivity contribution >= 4 is 44.8 Å². The highest BCUT2D eigenvalue weighted by Crippen LogP contribution is 2.31. The Morgan fingerprint density at radius 1 is 1.24 bits per heavy atom. The molecule has 1 rings (SSSR count). The zero-order valence-electron chi connectivity index (χ0n) is 8.75. The molecule has 0 unspecified atom stereocenters. The second-order valence-electron chi connectivity index (χ2n) is 3.40. The molecule has 0 aliphatic heterocycles. The van der Waals surface area contributed by atoms with Crippen LogP contribution in [0.25, 0.3) is 0 Å². The summed E-state index contributed by atoms with van der Waals surface area (Å²) in [4.78, 5) is -0.172. The molecule has 1 aromatic rings. The van der Waals surface area contributed by atoms with Crippen LogP contribution in [0.3, 0.4) is 0 Å². The van der Waals surface area contributed by atoms with Gasteiger partial charge in [0.1, 0.15) is 4.90 Å². The Bertz CT molecular complexity index is 516. The highest BCUT2D eigenvalue weighted by Gasteiger charge is 2.20. The van der Waals surface area contributed by atoms with E-state index in [2.05, 4.69) is 4.72 Å². The molecule has 8 heteroatoms. The molecular formula is C9H10Cl3NO3S. The summed E-state index contributed by atoms with van der Waals surface area (Å²) in [6, 6.07) is 2.42. The van der Waals surface area contributed by atoms with Crippen molar-refractivity contribution in [1.29, 1.82) is 0 Å². The monoisotopic (exact) mass is 317 g/mol. The lowest BCUT2D eigenvalue weighted by molar-refractivity contribution is 0.198. The lowest BCUT2D eigenvalue weighted by Gasteiger charge is -2.10. The zero-order chi connectivity index (χ0) is 13.2. The SMILES string of the molecule is C[C@H](O)CNS(=O)(=O)c1cc(Cl)c(Cl)cc1Cl. The third-order valence-electron chi connectivity index (χ3n) is 1.83. The maximum atomic E-state index is 11.8. The van der Waals surface area contributed by atoms with Crippen LogP contribution in [-0.4, -0.2) is 26.2 Å². The molecule has 0 aliphatic carbocycles. The van der Waals surface area contributed by atoms with Gasteiger partial charge in [0.25, 0.3) is 0 Å². The van der Waals surface area contributed by atoms with E-state index in [1.54, 1.807) is 0 Å². The van der Waals surface area contributed by atoms with E-state index in [9.17, 15) is 8.42 Å². The van der Waals surface area contributed by atoms with Crippen LogP contribution >= 0.6 is 34.8 Å². The van der Waals surface area contributed by atoms with Crippen molar-refractivity contribution in [3.05, 3.63) is 27.2 Å². The average molecular weight is 319 g/mol. The molecule has 0 radical (unpaired) electrons. The Morgan fingerprint density at radius 3 is 2.29 bits per heavy atom. The van der Waals surface area contributed by atoms with Gasteiger partial charge in [-0.3, -0.25) is 0 Å². The summed E-state index contributed by atoms with van der Waals surface area (Å²) in [7, 11) is -3.81. The first kappa shape index (κ1) is 15.0. The second kappa shape index (κ2) is 5.73. The molecule has 0 saturated heterocycles. The molecule has 0 amide bonds. The van der Waals surface area contributed by atoms with Crippen molar-refractivity contribution in [3.8, 4) is 0 Å². The van der Waals surface area contributed by atoms with Crippen molar-refractivity contribution in [3.63, 3.8) is 0 Å². The molecule has 4 nitrogen and oxygen atoms in total. The fourth-order valence-corrected chi connectivity index (χ4v) is 3.14. The maximum Gasteiger partial charge on any atom is 0.242 e. The number of benzene rings is 1. The van der Waals surface area contributed by atoms with Gasteiger partial charge in [-0.1, -0.05) is 34.8 Å². The molecular weight excluding hydrogens is 309 g/mol. The third-order valence-corrected chi connectivity index (χ3v) is 4.44. The summed E-state index contributed by atoms with van der Waals surface area (Å²) in [5.74, 6) is 0. The first-order valence-corrected chi connectivity index (χ1v) is 7.18. The number of hydrogen-bond donors (Lipinski definition) is 2. The Labute approximate surface area is 115 Å². The summed E-state index contributed by atoms with van der Waals surface area (Å²) in [6.07, 6.45) is -0.800.